The van der Waals surface area contributed by atoms with Gasteiger partial charge in [-0.25, -0.2) is 4.39 Å². The molecular weight excluding hydrogens is 395 g/mol. The van der Waals surface area contributed by atoms with E-state index in [4.69, 9.17) is 0 Å². The summed E-state index contributed by atoms with van der Waals surface area (Å²) >= 11 is 0. The summed E-state index contributed by atoms with van der Waals surface area (Å²) in [6.45, 7) is 6.45. The van der Waals surface area contributed by atoms with Gasteiger partial charge in [-0.15, -0.1) is 0 Å². The van der Waals surface area contributed by atoms with E-state index in [0.29, 0.717) is 37.4 Å². The van der Waals surface area contributed by atoms with Gasteiger partial charge in [-0.1, -0.05) is 12.1 Å². The van der Waals surface area contributed by atoms with Crippen LogP contribution in [0.5, 0.6) is 0 Å². The highest BCUT2D eigenvalue weighted by atomic mass is 19.1. The molecule has 1 N–H and O–H groups in total. The first kappa shape index (κ1) is 20.9. The number of carbonyl (C=O) groups is 2. The van der Waals surface area contributed by atoms with Crippen molar-refractivity contribution in [1.29, 1.82) is 0 Å². The summed E-state index contributed by atoms with van der Waals surface area (Å²) in [5, 5.41) is 3.72. The number of fused-ring (bicyclic) bond motifs is 1. The molecule has 7 heteroatoms. The molecule has 3 aromatic rings. The fraction of sp³-hybridized carbons (Fsp3) is 0.292. The van der Waals surface area contributed by atoms with Crippen LogP contribution < -0.4 is 5.32 Å². The molecule has 31 heavy (non-hydrogen) atoms. The Kier molecular flexibility index (Phi) is 5.95. The van der Waals surface area contributed by atoms with Gasteiger partial charge in [0.05, 0.1) is 23.3 Å². The molecule has 0 aliphatic carbocycles. The Labute approximate surface area is 180 Å². The van der Waals surface area contributed by atoms with E-state index in [2.05, 4.69) is 10.3 Å². The Bertz CT molecular complexity index is 1120. The van der Waals surface area contributed by atoms with E-state index in [9.17, 15) is 14.0 Å². The number of rotatable bonds is 4. The zero-order chi connectivity index (χ0) is 22.0. The Morgan fingerprint density at radius 2 is 1.71 bits per heavy atom. The molecule has 0 saturated carbocycles. The Balaban J connectivity index is 1.35. The highest BCUT2D eigenvalue weighted by Gasteiger charge is 2.25. The Morgan fingerprint density at radius 1 is 1.00 bits per heavy atom. The van der Waals surface area contributed by atoms with E-state index in [1.807, 2.05) is 47.9 Å². The number of amides is 2. The topological polar surface area (TPSA) is 65.5 Å². The van der Waals surface area contributed by atoms with E-state index in [0.717, 1.165) is 22.2 Å². The first-order valence-corrected chi connectivity index (χ1v) is 10.3. The van der Waals surface area contributed by atoms with Gasteiger partial charge in [-0.2, -0.15) is 0 Å². The number of piperazine rings is 1. The number of anilines is 1. The summed E-state index contributed by atoms with van der Waals surface area (Å²) < 4.78 is 13.0. The standard InChI is InChI=1S/C24H25FN4O2/c1-16-3-4-18-14-21(17(2)26-22(18)13-16)24(31)29-11-9-28(10-12-29)15-23(30)27-20-7-5-19(25)6-8-20/h3-8,13-14H,9-12,15H2,1-2H3,(H,27,30). The van der Waals surface area contributed by atoms with Crippen molar-refractivity contribution in [2.75, 3.05) is 38.0 Å². The minimum Gasteiger partial charge on any atom is -0.336 e. The van der Waals surface area contributed by atoms with Gasteiger partial charge in [0.25, 0.3) is 5.91 Å². The number of aromatic nitrogens is 1. The van der Waals surface area contributed by atoms with E-state index < -0.39 is 0 Å². The lowest BCUT2D eigenvalue weighted by molar-refractivity contribution is -0.117. The van der Waals surface area contributed by atoms with Crippen molar-refractivity contribution in [3.8, 4) is 0 Å². The second-order valence-corrected chi connectivity index (χ2v) is 7.94. The van der Waals surface area contributed by atoms with Crippen LogP contribution in [0.2, 0.25) is 0 Å². The SMILES string of the molecule is Cc1ccc2cc(C(=O)N3CCN(CC(=O)Nc4ccc(F)cc4)CC3)c(C)nc2c1. The highest BCUT2D eigenvalue weighted by Crippen LogP contribution is 2.20. The summed E-state index contributed by atoms with van der Waals surface area (Å²) in [5.41, 5.74) is 3.95. The summed E-state index contributed by atoms with van der Waals surface area (Å²) in [5.74, 6) is -0.523. The number of pyridine rings is 1. The number of aryl methyl sites for hydroxylation is 2. The molecule has 1 aromatic heterocycles. The number of halogens is 1. The van der Waals surface area contributed by atoms with Crippen LogP contribution in [0, 0.1) is 19.7 Å². The van der Waals surface area contributed by atoms with Gasteiger partial charge in [-0.05, 0) is 55.8 Å². The van der Waals surface area contributed by atoms with Crippen LogP contribution in [-0.4, -0.2) is 59.3 Å². The maximum absolute atomic E-state index is 13.1. The quantitative estimate of drug-likeness (QED) is 0.703. The summed E-state index contributed by atoms with van der Waals surface area (Å²) in [4.78, 5) is 33.8. The molecule has 2 heterocycles. The zero-order valence-electron chi connectivity index (χ0n) is 17.7. The van der Waals surface area contributed by atoms with Gasteiger partial charge in [0.15, 0.2) is 0 Å². The Morgan fingerprint density at radius 3 is 2.42 bits per heavy atom. The molecule has 0 spiro atoms. The van der Waals surface area contributed by atoms with E-state index in [-0.39, 0.29) is 24.2 Å². The average molecular weight is 420 g/mol. The minimum atomic E-state index is -0.342. The number of carbonyl (C=O) groups excluding carboxylic acids is 2. The van der Waals surface area contributed by atoms with Crippen LogP contribution in [0.15, 0.2) is 48.5 Å². The molecule has 1 fully saturated rings. The van der Waals surface area contributed by atoms with Crippen molar-refractivity contribution < 1.29 is 14.0 Å². The van der Waals surface area contributed by atoms with Crippen LogP contribution >= 0.6 is 0 Å². The van der Waals surface area contributed by atoms with Gasteiger partial charge >= 0.3 is 0 Å². The third kappa shape index (κ3) is 4.88. The van der Waals surface area contributed by atoms with Crippen molar-refractivity contribution in [2.24, 2.45) is 0 Å². The summed E-state index contributed by atoms with van der Waals surface area (Å²) in [7, 11) is 0. The molecule has 4 rings (SSSR count). The molecule has 0 radical (unpaired) electrons. The predicted molar refractivity (Wildman–Crippen MR) is 119 cm³/mol. The molecule has 0 unspecified atom stereocenters. The van der Waals surface area contributed by atoms with Gasteiger partial charge in [0.2, 0.25) is 5.91 Å². The zero-order valence-corrected chi connectivity index (χ0v) is 17.7. The maximum atomic E-state index is 13.1. The normalized spacial score (nSPS) is 14.6. The third-order valence-corrected chi connectivity index (χ3v) is 5.55. The van der Waals surface area contributed by atoms with Crippen molar-refractivity contribution in [3.63, 3.8) is 0 Å². The van der Waals surface area contributed by atoms with Crippen LogP contribution in [0.25, 0.3) is 10.9 Å². The molecule has 0 bridgehead atoms. The maximum Gasteiger partial charge on any atom is 0.255 e. The molecule has 1 saturated heterocycles. The molecule has 1 aliphatic heterocycles. The fourth-order valence-electron chi connectivity index (χ4n) is 3.81. The van der Waals surface area contributed by atoms with Crippen molar-refractivity contribution in [2.45, 2.75) is 13.8 Å². The van der Waals surface area contributed by atoms with Crippen LogP contribution in [0.1, 0.15) is 21.6 Å². The molecule has 6 nitrogen and oxygen atoms in total. The predicted octanol–water partition coefficient (Wildman–Crippen LogP) is 3.39. The van der Waals surface area contributed by atoms with Crippen LogP contribution in [-0.2, 0) is 4.79 Å². The van der Waals surface area contributed by atoms with Gasteiger partial charge in [0.1, 0.15) is 5.82 Å². The van der Waals surface area contributed by atoms with Gasteiger partial charge in [-0.3, -0.25) is 19.5 Å². The molecule has 2 amide bonds. The number of nitrogens with one attached hydrogen (secondary N) is 1. The second-order valence-electron chi connectivity index (χ2n) is 7.94. The monoisotopic (exact) mass is 420 g/mol. The number of hydrogen-bond acceptors (Lipinski definition) is 4. The van der Waals surface area contributed by atoms with E-state index in [1.54, 1.807) is 0 Å². The van der Waals surface area contributed by atoms with Crippen molar-refractivity contribution in [3.05, 3.63) is 71.2 Å². The largest absolute Gasteiger partial charge is 0.336 e. The first-order valence-electron chi connectivity index (χ1n) is 10.3. The van der Waals surface area contributed by atoms with Crippen molar-refractivity contribution in [1.82, 2.24) is 14.8 Å². The minimum absolute atomic E-state index is 0.0251. The smallest absolute Gasteiger partial charge is 0.255 e. The molecule has 0 atom stereocenters. The summed E-state index contributed by atoms with van der Waals surface area (Å²) in [6, 6.07) is 13.6. The fourth-order valence-corrected chi connectivity index (χ4v) is 3.81. The molecule has 2 aromatic carbocycles. The Hall–Kier alpha value is -3.32. The van der Waals surface area contributed by atoms with E-state index in [1.165, 1.54) is 24.3 Å². The summed E-state index contributed by atoms with van der Waals surface area (Å²) in [6.07, 6.45) is 0. The third-order valence-electron chi connectivity index (χ3n) is 5.55. The molecule has 160 valence electrons. The van der Waals surface area contributed by atoms with Gasteiger partial charge < -0.3 is 10.2 Å². The number of benzene rings is 2. The average Bonchev–Trinajstić information content (AvgIpc) is 2.75. The lowest BCUT2D eigenvalue weighted by Gasteiger charge is -2.34. The van der Waals surface area contributed by atoms with Crippen molar-refractivity contribution >= 4 is 28.4 Å². The molecule has 1 aliphatic rings. The van der Waals surface area contributed by atoms with Crippen LogP contribution in [0.3, 0.4) is 0 Å². The van der Waals surface area contributed by atoms with Gasteiger partial charge in [0, 0.05) is 37.3 Å². The first-order chi connectivity index (χ1) is 14.9. The lowest BCUT2D eigenvalue weighted by atomic mass is 10.1. The highest BCUT2D eigenvalue weighted by molar-refractivity contribution is 5.99. The van der Waals surface area contributed by atoms with E-state index >= 15 is 0 Å². The second kappa shape index (κ2) is 8.81. The number of nitrogens with zero attached hydrogens (tertiary/aromatic N) is 3. The molecular formula is C24H25FN4O2. The number of hydrogen-bond donors (Lipinski definition) is 1. The van der Waals surface area contributed by atoms with Crippen LogP contribution in [0.4, 0.5) is 10.1 Å². The lowest BCUT2D eigenvalue weighted by Crippen LogP contribution is -2.50.